The molecule has 6 nitrogen and oxygen atoms in total. The number of ketones is 1. The Morgan fingerprint density at radius 1 is 1.54 bits per heavy atom. The van der Waals surface area contributed by atoms with E-state index in [0.717, 1.165) is 9.88 Å². The number of cyclic esters (lactones) is 1. The van der Waals surface area contributed by atoms with Gasteiger partial charge in [0, 0.05) is 11.8 Å². The second kappa shape index (κ2) is 6.29. The zero-order valence-corrected chi connectivity index (χ0v) is 14.0. The lowest BCUT2D eigenvalue weighted by Crippen LogP contribution is -2.43. The third kappa shape index (κ3) is 3.02. The molecule has 2 heterocycles. The molecule has 1 fully saturated rings. The predicted octanol–water partition coefficient (Wildman–Crippen LogP) is 2.50. The molecule has 1 aliphatic rings. The second-order valence-electron chi connectivity index (χ2n) is 5.58. The van der Waals surface area contributed by atoms with E-state index in [9.17, 15) is 14.0 Å². The van der Waals surface area contributed by atoms with Crippen molar-refractivity contribution < 1.29 is 18.7 Å². The molecule has 1 aromatic heterocycles. The Hall–Kier alpha value is -2.32. The molecule has 1 aromatic carbocycles. The fourth-order valence-electron chi connectivity index (χ4n) is 2.50. The minimum absolute atomic E-state index is 0.109. The Kier molecular flexibility index (Phi) is 4.33. The lowest BCUT2D eigenvalue weighted by molar-refractivity contribution is -0.120. The van der Waals surface area contributed by atoms with Crippen LogP contribution in [0.4, 0.5) is 14.9 Å². The number of halogens is 1. The summed E-state index contributed by atoms with van der Waals surface area (Å²) in [5.41, 5.74) is 6.51. The molecule has 0 aliphatic carbocycles. The van der Waals surface area contributed by atoms with Gasteiger partial charge in [-0.2, -0.15) is 0 Å². The number of rotatable bonds is 4. The maximum absolute atomic E-state index is 14.4. The number of hydrogen-bond acceptors (Lipinski definition) is 6. The summed E-state index contributed by atoms with van der Waals surface area (Å²) in [6.45, 7) is 3.30. The number of amides is 1. The van der Waals surface area contributed by atoms with Crippen LogP contribution in [0.15, 0.2) is 24.4 Å². The number of aryl methyl sites for hydroxylation is 1. The average molecular weight is 349 g/mol. The van der Waals surface area contributed by atoms with Crippen LogP contribution in [-0.4, -0.2) is 35.6 Å². The highest BCUT2D eigenvalue weighted by Gasteiger charge is 2.37. The number of benzene rings is 1. The molecule has 2 atom stereocenters. The van der Waals surface area contributed by atoms with E-state index in [0.29, 0.717) is 11.3 Å². The highest BCUT2D eigenvalue weighted by Crippen LogP contribution is 2.32. The van der Waals surface area contributed by atoms with Gasteiger partial charge in [-0.1, -0.05) is 0 Å². The van der Waals surface area contributed by atoms with Crippen LogP contribution in [0.25, 0.3) is 10.4 Å². The first-order valence-corrected chi connectivity index (χ1v) is 8.15. The molecule has 2 N–H and O–H groups in total. The lowest BCUT2D eigenvalue weighted by atomic mass is 10.1. The first-order chi connectivity index (χ1) is 11.4. The van der Waals surface area contributed by atoms with Crippen molar-refractivity contribution in [2.75, 3.05) is 11.4 Å². The Bertz CT molecular complexity index is 808. The van der Waals surface area contributed by atoms with Gasteiger partial charge in [0.2, 0.25) is 0 Å². The van der Waals surface area contributed by atoms with Crippen molar-refractivity contribution in [3.05, 3.63) is 35.2 Å². The molecule has 8 heteroatoms. The van der Waals surface area contributed by atoms with Crippen molar-refractivity contribution in [1.82, 2.24) is 4.98 Å². The number of thiazole rings is 1. The minimum atomic E-state index is -0.886. The minimum Gasteiger partial charge on any atom is -0.442 e. The zero-order chi connectivity index (χ0) is 17.4. The van der Waals surface area contributed by atoms with Crippen molar-refractivity contribution >= 4 is 28.9 Å². The lowest BCUT2D eigenvalue weighted by Gasteiger charge is -2.15. The van der Waals surface area contributed by atoms with E-state index in [4.69, 9.17) is 10.5 Å². The number of anilines is 1. The Labute approximate surface area is 142 Å². The molecular formula is C16H16FN3O3S. The standard InChI is InChI=1S/C16H16FN3O3S/c1-8(21)15(18)13-7-20(16(22)23-13)10-3-4-11(12(17)5-10)14-6-19-9(2)24-14/h3-6,13,15H,7,18H2,1-2H3. The number of carbonyl (C=O) groups excluding carboxylic acids is 2. The molecule has 24 heavy (non-hydrogen) atoms. The molecule has 126 valence electrons. The van der Waals surface area contributed by atoms with Gasteiger partial charge in [0.15, 0.2) is 0 Å². The molecule has 3 rings (SSSR count). The van der Waals surface area contributed by atoms with Crippen molar-refractivity contribution in [2.45, 2.75) is 26.0 Å². The van der Waals surface area contributed by atoms with Crippen LogP contribution in [0.2, 0.25) is 0 Å². The average Bonchev–Trinajstić information content (AvgIpc) is 3.12. The molecular weight excluding hydrogens is 333 g/mol. The molecule has 0 spiro atoms. The normalized spacial score (nSPS) is 18.6. The fraction of sp³-hybridized carbons (Fsp3) is 0.312. The van der Waals surface area contributed by atoms with Crippen LogP contribution in [0.1, 0.15) is 11.9 Å². The summed E-state index contributed by atoms with van der Waals surface area (Å²) in [4.78, 5) is 29.4. The van der Waals surface area contributed by atoms with E-state index in [-0.39, 0.29) is 12.3 Å². The summed E-state index contributed by atoms with van der Waals surface area (Å²) in [6, 6.07) is 3.62. The fourth-order valence-corrected chi connectivity index (χ4v) is 3.31. The van der Waals surface area contributed by atoms with Crippen LogP contribution >= 0.6 is 11.3 Å². The number of Topliss-reactive ketones (excluding diaryl/α,β-unsaturated/α-hetero) is 1. The number of nitrogens with two attached hydrogens (primary N) is 1. The molecule has 2 aromatic rings. The van der Waals surface area contributed by atoms with Crippen molar-refractivity contribution in [3.63, 3.8) is 0 Å². The van der Waals surface area contributed by atoms with Crippen LogP contribution < -0.4 is 10.6 Å². The number of ether oxygens (including phenoxy) is 1. The van der Waals surface area contributed by atoms with E-state index >= 15 is 0 Å². The van der Waals surface area contributed by atoms with Gasteiger partial charge in [0.05, 0.1) is 22.1 Å². The van der Waals surface area contributed by atoms with Crippen molar-refractivity contribution in [1.29, 1.82) is 0 Å². The Balaban J connectivity index is 1.84. The van der Waals surface area contributed by atoms with Crippen LogP contribution in [0.3, 0.4) is 0 Å². The van der Waals surface area contributed by atoms with Gasteiger partial charge in [-0.3, -0.25) is 9.69 Å². The summed E-state index contributed by atoms with van der Waals surface area (Å²) in [5, 5.41) is 0.845. The Morgan fingerprint density at radius 3 is 2.88 bits per heavy atom. The summed E-state index contributed by atoms with van der Waals surface area (Å²) in [5.74, 6) is -0.722. The smallest absolute Gasteiger partial charge is 0.414 e. The number of nitrogens with zero attached hydrogens (tertiary/aromatic N) is 2. The van der Waals surface area contributed by atoms with Gasteiger partial charge in [0.25, 0.3) is 0 Å². The summed E-state index contributed by atoms with van der Waals surface area (Å²) in [7, 11) is 0. The van der Waals surface area contributed by atoms with Gasteiger partial charge in [-0.05, 0) is 32.0 Å². The van der Waals surface area contributed by atoms with Crippen molar-refractivity contribution in [2.24, 2.45) is 5.73 Å². The second-order valence-corrected chi connectivity index (χ2v) is 6.81. The van der Waals surface area contributed by atoms with Crippen LogP contribution in [0, 0.1) is 12.7 Å². The molecule has 0 radical (unpaired) electrons. The van der Waals surface area contributed by atoms with Gasteiger partial charge in [-0.15, -0.1) is 11.3 Å². The largest absolute Gasteiger partial charge is 0.442 e. The molecule has 0 saturated carbocycles. The third-order valence-electron chi connectivity index (χ3n) is 3.86. The van der Waals surface area contributed by atoms with E-state index in [1.165, 1.54) is 29.2 Å². The van der Waals surface area contributed by atoms with E-state index < -0.39 is 24.1 Å². The first-order valence-electron chi connectivity index (χ1n) is 7.33. The van der Waals surface area contributed by atoms with Crippen LogP contribution in [-0.2, 0) is 9.53 Å². The first kappa shape index (κ1) is 16.5. The number of aromatic nitrogens is 1. The van der Waals surface area contributed by atoms with Crippen molar-refractivity contribution in [3.8, 4) is 10.4 Å². The summed E-state index contributed by atoms with van der Waals surface area (Å²) in [6.07, 6.45) is 0.240. The number of carbonyl (C=O) groups is 2. The maximum Gasteiger partial charge on any atom is 0.414 e. The maximum atomic E-state index is 14.4. The molecule has 0 bridgehead atoms. The summed E-state index contributed by atoms with van der Waals surface area (Å²) >= 11 is 1.39. The summed E-state index contributed by atoms with van der Waals surface area (Å²) < 4.78 is 19.6. The van der Waals surface area contributed by atoms with Gasteiger partial charge >= 0.3 is 6.09 Å². The van der Waals surface area contributed by atoms with Gasteiger partial charge < -0.3 is 10.5 Å². The SMILES string of the molecule is CC(=O)C(N)C1CN(c2ccc(-c3cnc(C)s3)c(F)c2)C(=O)O1. The van der Waals surface area contributed by atoms with E-state index in [1.54, 1.807) is 18.3 Å². The molecule has 1 aliphatic heterocycles. The molecule has 1 saturated heterocycles. The Morgan fingerprint density at radius 2 is 2.29 bits per heavy atom. The zero-order valence-electron chi connectivity index (χ0n) is 13.2. The monoisotopic (exact) mass is 349 g/mol. The predicted molar refractivity (Wildman–Crippen MR) is 88.5 cm³/mol. The van der Waals surface area contributed by atoms with Gasteiger partial charge in [-0.25, -0.2) is 14.2 Å². The van der Waals surface area contributed by atoms with Gasteiger partial charge in [0.1, 0.15) is 23.7 Å². The topological polar surface area (TPSA) is 85.5 Å². The van der Waals surface area contributed by atoms with E-state index in [1.807, 2.05) is 6.92 Å². The van der Waals surface area contributed by atoms with Crippen LogP contribution in [0.5, 0.6) is 0 Å². The quantitative estimate of drug-likeness (QED) is 0.917. The molecule has 2 unspecified atom stereocenters. The number of hydrogen-bond donors (Lipinski definition) is 1. The third-order valence-corrected chi connectivity index (χ3v) is 4.80. The molecule has 1 amide bonds. The van der Waals surface area contributed by atoms with E-state index in [2.05, 4.69) is 4.98 Å². The highest BCUT2D eigenvalue weighted by atomic mass is 32.1. The highest BCUT2D eigenvalue weighted by molar-refractivity contribution is 7.15.